The van der Waals surface area contributed by atoms with E-state index >= 15 is 0 Å². The molecule has 0 radical (unpaired) electrons. The van der Waals surface area contributed by atoms with E-state index in [0.29, 0.717) is 6.42 Å². The Kier molecular flexibility index (Phi) is 11.6. The van der Waals surface area contributed by atoms with E-state index in [1.165, 1.54) is 26.2 Å². The van der Waals surface area contributed by atoms with Gasteiger partial charge in [0.1, 0.15) is 6.10 Å². The minimum absolute atomic E-state index is 0.337. The Hall–Kier alpha value is -0.650. The van der Waals surface area contributed by atoms with Crippen molar-refractivity contribution >= 4 is 5.97 Å². The van der Waals surface area contributed by atoms with Crippen LogP contribution in [0.5, 0.6) is 0 Å². The summed E-state index contributed by atoms with van der Waals surface area (Å²) in [7, 11) is 0. The summed E-state index contributed by atoms with van der Waals surface area (Å²) < 4.78 is 0. The molecule has 5 nitrogen and oxygen atoms in total. The quantitative estimate of drug-likeness (QED) is 0.405. The summed E-state index contributed by atoms with van der Waals surface area (Å²) in [5.74, 6) is -2.61. The lowest BCUT2D eigenvalue weighted by molar-refractivity contribution is -0.205. The van der Waals surface area contributed by atoms with Gasteiger partial charge in [-0.15, -0.1) is 0 Å². The van der Waals surface area contributed by atoms with Crippen molar-refractivity contribution in [2.75, 3.05) is 0 Å². The first-order valence-electron chi connectivity index (χ1n) is 6.06. The predicted octanol–water partition coefficient (Wildman–Crippen LogP) is 1.50. The Balaban J connectivity index is 0. The van der Waals surface area contributed by atoms with Crippen molar-refractivity contribution < 1.29 is 25.2 Å². The maximum atomic E-state index is 10.0. The minimum atomic E-state index is -1.94. The molecule has 1 unspecified atom stereocenters. The fourth-order valence-electron chi connectivity index (χ4n) is 0.880. The average molecular weight is 250 g/mol. The van der Waals surface area contributed by atoms with Crippen LogP contribution >= 0.6 is 0 Å². The topological polar surface area (TPSA) is 98.0 Å². The summed E-state index contributed by atoms with van der Waals surface area (Å²) in [6.07, 6.45) is 4.79. The summed E-state index contributed by atoms with van der Waals surface area (Å²) >= 11 is 0. The molecule has 0 aromatic heterocycles. The highest BCUT2D eigenvalue weighted by Gasteiger charge is 2.21. The predicted molar refractivity (Wildman–Crippen MR) is 65.5 cm³/mol. The molecule has 0 aliphatic carbocycles. The van der Waals surface area contributed by atoms with E-state index in [0.717, 1.165) is 19.8 Å². The molecule has 0 fully saturated rings. The highest BCUT2D eigenvalue weighted by atomic mass is 16.5. The molecule has 0 aliphatic heterocycles. The Labute approximate surface area is 103 Å². The Morgan fingerprint density at radius 3 is 1.88 bits per heavy atom. The summed E-state index contributed by atoms with van der Waals surface area (Å²) in [5, 5.41) is 33.5. The molecule has 17 heavy (non-hydrogen) atoms. The maximum absolute atomic E-state index is 10.0. The molecule has 1 atom stereocenters. The van der Waals surface area contributed by atoms with E-state index in [1.54, 1.807) is 0 Å². The molecule has 0 heterocycles. The molecule has 0 aliphatic rings. The van der Waals surface area contributed by atoms with Gasteiger partial charge in [0, 0.05) is 6.42 Å². The van der Waals surface area contributed by atoms with Crippen molar-refractivity contribution in [3.63, 3.8) is 0 Å². The van der Waals surface area contributed by atoms with Gasteiger partial charge in [-0.25, -0.2) is 0 Å². The van der Waals surface area contributed by atoms with Crippen molar-refractivity contribution in [1.29, 1.82) is 0 Å². The number of unbranched alkanes of at least 4 members (excludes halogenated alkanes) is 4. The second-order valence-corrected chi connectivity index (χ2v) is 4.33. The molecular formula is C12H26O5. The van der Waals surface area contributed by atoms with Gasteiger partial charge in [0.05, 0.1) is 0 Å². The highest BCUT2D eigenvalue weighted by Crippen LogP contribution is 2.04. The van der Waals surface area contributed by atoms with E-state index in [4.69, 9.17) is 20.4 Å². The molecule has 0 rings (SSSR count). The first-order chi connectivity index (χ1) is 7.71. The zero-order valence-corrected chi connectivity index (χ0v) is 11.0. The van der Waals surface area contributed by atoms with Gasteiger partial charge in [0.2, 0.25) is 0 Å². The van der Waals surface area contributed by atoms with Crippen LogP contribution < -0.4 is 0 Å². The van der Waals surface area contributed by atoms with Crippen LogP contribution in [-0.2, 0) is 4.79 Å². The molecule has 0 spiro atoms. The molecule has 4 N–H and O–H groups in total. The molecule has 0 saturated carbocycles. The van der Waals surface area contributed by atoms with Crippen LogP contribution in [0, 0.1) is 0 Å². The van der Waals surface area contributed by atoms with Gasteiger partial charge < -0.3 is 20.4 Å². The first kappa shape index (κ1) is 18.7. The lowest BCUT2D eigenvalue weighted by atomic mass is 10.1. The zero-order chi connectivity index (χ0) is 13.9. The number of carbonyl (C=O) groups is 1. The molecule has 0 aromatic rings. The van der Waals surface area contributed by atoms with E-state index in [2.05, 4.69) is 6.92 Å². The third kappa shape index (κ3) is 17.9. The third-order valence-corrected chi connectivity index (χ3v) is 2.29. The Bertz CT molecular complexity index is 184. The van der Waals surface area contributed by atoms with Crippen molar-refractivity contribution in [2.24, 2.45) is 0 Å². The van der Waals surface area contributed by atoms with Gasteiger partial charge in [-0.3, -0.25) is 4.79 Å². The van der Waals surface area contributed by atoms with Gasteiger partial charge in [-0.05, 0) is 20.3 Å². The fraction of sp³-hybridized carbons (Fsp3) is 0.917. The number of carboxylic acids is 1. The number of aliphatic hydroxyl groups is 3. The number of aliphatic carboxylic acids is 1. The monoisotopic (exact) mass is 250 g/mol. The summed E-state index contributed by atoms with van der Waals surface area (Å²) in [4.78, 5) is 10.0. The second kappa shape index (κ2) is 10.5. The molecule has 0 bridgehead atoms. The van der Waals surface area contributed by atoms with Crippen LogP contribution in [-0.4, -0.2) is 38.3 Å². The molecule has 104 valence electrons. The van der Waals surface area contributed by atoms with Crippen LogP contribution in [0.3, 0.4) is 0 Å². The van der Waals surface area contributed by atoms with Crippen LogP contribution in [0.4, 0.5) is 0 Å². The third-order valence-electron chi connectivity index (χ3n) is 2.29. The minimum Gasteiger partial charge on any atom is -0.481 e. The van der Waals surface area contributed by atoms with Crippen molar-refractivity contribution in [3.8, 4) is 0 Å². The molecule has 0 amide bonds. The fourth-order valence-corrected chi connectivity index (χ4v) is 0.880. The first-order valence-corrected chi connectivity index (χ1v) is 6.06. The van der Waals surface area contributed by atoms with E-state index < -0.39 is 17.9 Å². The van der Waals surface area contributed by atoms with Crippen LogP contribution in [0.1, 0.15) is 59.3 Å². The molecule has 5 heteroatoms. The number of carboxylic acid groups (broad SMARTS) is 1. The zero-order valence-electron chi connectivity index (χ0n) is 11.0. The lowest BCUT2D eigenvalue weighted by Crippen LogP contribution is -2.36. The SMILES string of the molecule is CC(O)C(C)(O)O.CCCCCCCC(=O)O. The molecule has 0 aromatic carbocycles. The summed E-state index contributed by atoms with van der Waals surface area (Å²) in [5.41, 5.74) is 0. The van der Waals surface area contributed by atoms with E-state index in [1.807, 2.05) is 0 Å². The summed E-state index contributed by atoms with van der Waals surface area (Å²) in [6, 6.07) is 0. The smallest absolute Gasteiger partial charge is 0.303 e. The second-order valence-electron chi connectivity index (χ2n) is 4.33. The van der Waals surface area contributed by atoms with Crippen molar-refractivity contribution in [1.82, 2.24) is 0 Å². The van der Waals surface area contributed by atoms with Gasteiger partial charge in [0.25, 0.3) is 0 Å². The number of aliphatic hydroxyl groups excluding tert-OH is 1. The lowest BCUT2D eigenvalue weighted by Gasteiger charge is -2.17. The van der Waals surface area contributed by atoms with Crippen LogP contribution in [0.25, 0.3) is 0 Å². The van der Waals surface area contributed by atoms with E-state index in [9.17, 15) is 4.79 Å². The molecular weight excluding hydrogens is 224 g/mol. The standard InChI is InChI=1S/C8H16O2.C4H10O3/c1-2-3-4-5-6-7-8(9)10;1-3(5)4(2,6)7/h2-7H2,1H3,(H,9,10);3,5-7H,1-2H3. The van der Waals surface area contributed by atoms with E-state index in [-0.39, 0.29) is 0 Å². The van der Waals surface area contributed by atoms with Crippen LogP contribution in [0.15, 0.2) is 0 Å². The van der Waals surface area contributed by atoms with Gasteiger partial charge in [-0.1, -0.05) is 32.6 Å². The number of hydrogen-bond donors (Lipinski definition) is 4. The largest absolute Gasteiger partial charge is 0.481 e. The normalized spacial score (nSPS) is 12.6. The van der Waals surface area contributed by atoms with Gasteiger partial charge in [-0.2, -0.15) is 0 Å². The number of rotatable bonds is 7. The summed E-state index contributed by atoms with van der Waals surface area (Å²) in [6.45, 7) is 4.58. The Morgan fingerprint density at radius 1 is 1.18 bits per heavy atom. The van der Waals surface area contributed by atoms with Crippen molar-refractivity contribution in [3.05, 3.63) is 0 Å². The van der Waals surface area contributed by atoms with Crippen molar-refractivity contribution in [2.45, 2.75) is 71.2 Å². The maximum Gasteiger partial charge on any atom is 0.303 e. The highest BCUT2D eigenvalue weighted by molar-refractivity contribution is 5.66. The van der Waals surface area contributed by atoms with Gasteiger partial charge >= 0.3 is 5.97 Å². The number of hydrogen-bond acceptors (Lipinski definition) is 4. The Morgan fingerprint density at radius 2 is 1.59 bits per heavy atom. The van der Waals surface area contributed by atoms with Crippen LogP contribution in [0.2, 0.25) is 0 Å². The van der Waals surface area contributed by atoms with Gasteiger partial charge in [0.15, 0.2) is 5.79 Å². The average Bonchev–Trinajstić information content (AvgIpc) is 2.16. The molecule has 0 saturated heterocycles.